The summed E-state index contributed by atoms with van der Waals surface area (Å²) in [6, 6.07) is 2.85. The minimum Gasteiger partial charge on any atom is -0.379 e. The van der Waals surface area contributed by atoms with Crippen molar-refractivity contribution in [2.45, 2.75) is 0 Å². The first kappa shape index (κ1) is 12.6. The Hall–Kier alpha value is -2.82. The molecule has 2 aromatic rings. The topological polar surface area (TPSA) is 150 Å². The number of carbonyl (C=O) groups is 1. The van der Waals surface area contributed by atoms with Gasteiger partial charge >= 0.3 is 5.00 Å². The molecule has 2 heterocycles. The number of amides is 1. The van der Waals surface area contributed by atoms with Gasteiger partial charge in [-0.05, 0) is 16.4 Å². The van der Waals surface area contributed by atoms with Crippen LogP contribution in [0.3, 0.4) is 0 Å². The van der Waals surface area contributed by atoms with Gasteiger partial charge in [-0.15, -0.1) is 0 Å². The molecule has 0 saturated heterocycles. The maximum atomic E-state index is 11.5. The number of hydrogen-bond acceptors (Lipinski definition) is 9. The number of anilines is 1. The van der Waals surface area contributed by atoms with E-state index in [0.29, 0.717) is 4.88 Å². The summed E-state index contributed by atoms with van der Waals surface area (Å²) in [5, 5.41) is 20.6. The number of carbonyl (C=O) groups excluding carboxylic acids is 1. The Morgan fingerprint density at radius 2 is 2.37 bits per heavy atom. The third-order valence-electron chi connectivity index (χ3n) is 1.88. The first-order valence-electron chi connectivity index (χ1n) is 4.73. The Kier molecular flexibility index (Phi) is 3.47. The minimum atomic E-state index is -0.693. The Morgan fingerprint density at radius 1 is 1.58 bits per heavy atom. The molecule has 2 rings (SSSR count). The summed E-state index contributed by atoms with van der Waals surface area (Å²) in [4.78, 5) is 21.9. The van der Waals surface area contributed by atoms with Crippen molar-refractivity contribution in [2.24, 2.45) is 5.10 Å². The van der Waals surface area contributed by atoms with Gasteiger partial charge in [0, 0.05) is 6.07 Å². The van der Waals surface area contributed by atoms with Crippen molar-refractivity contribution in [1.29, 1.82) is 0 Å². The normalized spacial score (nSPS) is 10.7. The van der Waals surface area contributed by atoms with E-state index in [4.69, 9.17) is 5.73 Å². The molecule has 0 aliphatic rings. The van der Waals surface area contributed by atoms with Gasteiger partial charge in [0.25, 0.3) is 5.91 Å². The second-order valence-electron chi connectivity index (χ2n) is 3.13. The molecule has 0 unspecified atom stereocenters. The molecule has 0 fully saturated rings. The van der Waals surface area contributed by atoms with Crippen LogP contribution in [0, 0.1) is 10.1 Å². The van der Waals surface area contributed by atoms with E-state index in [1.54, 1.807) is 0 Å². The van der Waals surface area contributed by atoms with Crippen LogP contribution in [-0.4, -0.2) is 27.4 Å². The molecule has 98 valence electrons. The fourth-order valence-electron chi connectivity index (χ4n) is 1.07. The number of nitrogens with zero attached hydrogens (tertiary/aromatic N) is 4. The van der Waals surface area contributed by atoms with Crippen molar-refractivity contribution in [3.05, 3.63) is 32.8 Å². The van der Waals surface area contributed by atoms with Gasteiger partial charge in [-0.3, -0.25) is 14.9 Å². The van der Waals surface area contributed by atoms with Crippen molar-refractivity contribution in [1.82, 2.24) is 15.7 Å². The lowest BCUT2D eigenvalue weighted by Crippen LogP contribution is -2.19. The molecule has 0 radical (unpaired) electrons. The number of nitro groups is 1. The summed E-state index contributed by atoms with van der Waals surface area (Å²) < 4.78 is 4.25. The van der Waals surface area contributed by atoms with Gasteiger partial charge in [-0.2, -0.15) is 5.10 Å². The molecule has 0 atom stereocenters. The van der Waals surface area contributed by atoms with Gasteiger partial charge in [0.2, 0.25) is 11.5 Å². The van der Waals surface area contributed by atoms with E-state index in [2.05, 4.69) is 25.5 Å². The molecule has 19 heavy (non-hydrogen) atoms. The first-order chi connectivity index (χ1) is 9.08. The zero-order chi connectivity index (χ0) is 13.8. The zero-order valence-electron chi connectivity index (χ0n) is 9.14. The summed E-state index contributed by atoms with van der Waals surface area (Å²) in [7, 11) is 0. The molecule has 0 bridgehead atoms. The Bertz CT molecular complexity index is 647. The molecule has 0 saturated carbocycles. The molecule has 11 heteroatoms. The van der Waals surface area contributed by atoms with Gasteiger partial charge in [-0.25, -0.2) is 10.1 Å². The molecule has 10 nitrogen and oxygen atoms in total. The predicted molar refractivity (Wildman–Crippen MR) is 64.7 cm³/mol. The summed E-state index contributed by atoms with van der Waals surface area (Å²) in [5.74, 6) is -0.847. The maximum absolute atomic E-state index is 11.5. The molecule has 1 amide bonds. The van der Waals surface area contributed by atoms with E-state index in [-0.39, 0.29) is 16.5 Å². The number of nitrogens with one attached hydrogen (secondary N) is 1. The average molecular weight is 282 g/mol. The molecule has 0 aliphatic heterocycles. The highest BCUT2D eigenvalue weighted by Crippen LogP contribution is 2.22. The quantitative estimate of drug-likeness (QED) is 0.467. The first-order valence-corrected chi connectivity index (χ1v) is 5.55. The molecule has 0 aromatic carbocycles. The monoisotopic (exact) mass is 282 g/mol. The van der Waals surface area contributed by atoms with Crippen molar-refractivity contribution < 1.29 is 14.3 Å². The zero-order valence-corrected chi connectivity index (χ0v) is 9.96. The van der Waals surface area contributed by atoms with Crippen molar-refractivity contribution in [2.75, 3.05) is 5.73 Å². The SMILES string of the molecule is Nc1nonc1C(=O)N/N=C/c1ccc([N+](=O)[O-])s1. The van der Waals surface area contributed by atoms with Crippen molar-refractivity contribution >= 4 is 34.3 Å². The second-order valence-corrected chi connectivity index (χ2v) is 4.22. The highest BCUT2D eigenvalue weighted by molar-refractivity contribution is 7.16. The average Bonchev–Trinajstić information content (AvgIpc) is 2.97. The van der Waals surface area contributed by atoms with E-state index >= 15 is 0 Å². The highest BCUT2D eigenvalue weighted by Gasteiger charge is 2.15. The van der Waals surface area contributed by atoms with Crippen LogP contribution in [0.25, 0.3) is 0 Å². The van der Waals surface area contributed by atoms with Crippen LogP contribution in [0.5, 0.6) is 0 Å². The third-order valence-corrected chi connectivity index (χ3v) is 2.85. The largest absolute Gasteiger partial charge is 0.379 e. The number of nitrogen functional groups attached to an aromatic ring is 1. The number of aromatic nitrogens is 2. The molecule has 2 aromatic heterocycles. The Labute approximate surface area is 109 Å². The standard InChI is InChI=1S/C8H6N6O4S/c9-7-6(12-18-13-7)8(15)11-10-3-4-1-2-5(19-4)14(16)17/h1-3H,(H2,9,13)(H,11,15)/b10-3+. The fraction of sp³-hybridized carbons (Fsp3) is 0. The summed E-state index contributed by atoms with van der Waals surface area (Å²) in [5.41, 5.74) is 7.26. The van der Waals surface area contributed by atoms with Gasteiger partial charge in [0.15, 0.2) is 0 Å². The number of hydrogen-bond donors (Lipinski definition) is 2. The van der Waals surface area contributed by atoms with E-state index in [0.717, 1.165) is 11.3 Å². The lowest BCUT2D eigenvalue weighted by atomic mass is 10.4. The molecule has 3 N–H and O–H groups in total. The highest BCUT2D eigenvalue weighted by atomic mass is 32.1. The third kappa shape index (κ3) is 2.90. The van der Waals surface area contributed by atoms with E-state index in [1.165, 1.54) is 18.3 Å². The Balaban J connectivity index is 1.98. The predicted octanol–water partition coefficient (Wildman–Crippen LogP) is 0.385. The smallest absolute Gasteiger partial charge is 0.324 e. The molecular weight excluding hydrogens is 276 g/mol. The van der Waals surface area contributed by atoms with Gasteiger partial charge < -0.3 is 5.73 Å². The van der Waals surface area contributed by atoms with Gasteiger partial charge in [0.05, 0.1) is 16.0 Å². The van der Waals surface area contributed by atoms with Crippen LogP contribution in [0.1, 0.15) is 15.4 Å². The van der Waals surface area contributed by atoms with E-state index < -0.39 is 10.8 Å². The van der Waals surface area contributed by atoms with Crippen LogP contribution in [0.15, 0.2) is 21.9 Å². The summed E-state index contributed by atoms with van der Waals surface area (Å²) in [6.07, 6.45) is 1.26. The van der Waals surface area contributed by atoms with Crippen LogP contribution >= 0.6 is 11.3 Å². The van der Waals surface area contributed by atoms with Crippen LogP contribution in [-0.2, 0) is 0 Å². The van der Waals surface area contributed by atoms with E-state index in [1.807, 2.05) is 0 Å². The van der Waals surface area contributed by atoms with Gasteiger partial charge in [0.1, 0.15) is 0 Å². The van der Waals surface area contributed by atoms with E-state index in [9.17, 15) is 14.9 Å². The molecular formula is C8H6N6O4S. The fourth-order valence-corrected chi connectivity index (χ4v) is 1.76. The number of nitrogens with two attached hydrogens (primary N) is 1. The lowest BCUT2D eigenvalue weighted by Gasteiger charge is -1.93. The number of thiophene rings is 1. The maximum Gasteiger partial charge on any atom is 0.324 e. The molecule has 0 aliphatic carbocycles. The van der Waals surface area contributed by atoms with Crippen LogP contribution in [0.2, 0.25) is 0 Å². The minimum absolute atomic E-state index is 0.0160. The van der Waals surface area contributed by atoms with Gasteiger partial charge in [-0.1, -0.05) is 11.3 Å². The Morgan fingerprint density at radius 3 is 2.95 bits per heavy atom. The number of rotatable bonds is 4. The second kappa shape index (κ2) is 5.22. The summed E-state index contributed by atoms with van der Waals surface area (Å²) >= 11 is 0.922. The molecule has 0 spiro atoms. The van der Waals surface area contributed by atoms with Crippen LogP contribution < -0.4 is 11.2 Å². The van der Waals surface area contributed by atoms with Crippen molar-refractivity contribution in [3.63, 3.8) is 0 Å². The lowest BCUT2D eigenvalue weighted by molar-refractivity contribution is -0.380. The van der Waals surface area contributed by atoms with Crippen molar-refractivity contribution in [3.8, 4) is 0 Å². The number of hydrazone groups is 1. The van der Waals surface area contributed by atoms with Crippen LogP contribution in [0.4, 0.5) is 10.8 Å². The summed E-state index contributed by atoms with van der Waals surface area (Å²) in [6.45, 7) is 0.